The Balaban J connectivity index is 2.50. The molecule has 0 aliphatic rings. The van der Waals surface area contributed by atoms with Crippen LogP contribution in [0.1, 0.15) is 10.4 Å². The molecule has 0 amide bonds. The Kier molecular flexibility index (Phi) is 2.52. The Labute approximate surface area is 110 Å². The normalized spacial score (nSPS) is 11.4. The van der Waals surface area contributed by atoms with E-state index in [-0.39, 0.29) is 5.56 Å². The molecule has 0 atom stereocenters. The van der Waals surface area contributed by atoms with Gasteiger partial charge in [0.25, 0.3) is 5.56 Å². The molecule has 0 saturated heterocycles. The smallest absolute Gasteiger partial charge is 0.266 e. The number of alkyl halides is 1. The van der Waals surface area contributed by atoms with Crippen molar-refractivity contribution in [3.63, 3.8) is 0 Å². The first kappa shape index (κ1) is 10.9. The number of fused-ring (bicyclic) bond motifs is 2. The van der Waals surface area contributed by atoms with E-state index in [4.69, 9.17) is 0 Å². The van der Waals surface area contributed by atoms with Crippen LogP contribution in [-0.4, -0.2) is 9.38 Å². The molecule has 2 aromatic heterocycles. The molecule has 0 unspecified atom stereocenters. The van der Waals surface area contributed by atoms with Gasteiger partial charge in [0.15, 0.2) is 4.96 Å². The maximum absolute atomic E-state index is 12.2. The van der Waals surface area contributed by atoms with Gasteiger partial charge in [0, 0.05) is 16.4 Å². The van der Waals surface area contributed by atoms with Gasteiger partial charge in [-0.1, -0.05) is 22.0 Å². The molecule has 3 nitrogen and oxygen atoms in total. The second-order valence-corrected chi connectivity index (χ2v) is 5.58. The number of halogens is 1. The van der Waals surface area contributed by atoms with Crippen molar-refractivity contribution in [1.29, 1.82) is 0 Å². The van der Waals surface area contributed by atoms with Crippen LogP contribution in [0.3, 0.4) is 0 Å². The highest BCUT2D eigenvalue weighted by molar-refractivity contribution is 9.08. The number of hydrogen-bond acceptors (Lipinski definition) is 3. The summed E-state index contributed by atoms with van der Waals surface area (Å²) in [6, 6.07) is 5.73. The van der Waals surface area contributed by atoms with E-state index in [0.29, 0.717) is 5.39 Å². The summed E-state index contributed by atoms with van der Waals surface area (Å²) >= 11 is 4.93. The number of rotatable bonds is 1. The highest BCUT2D eigenvalue weighted by Crippen LogP contribution is 2.19. The van der Waals surface area contributed by atoms with E-state index in [1.807, 2.05) is 31.3 Å². The molecule has 0 N–H and O–H groups in total. The second kappa shape index (κ2) is 3.92. The third kappa shape index (κ3) is 1.70. The van der Waals surface area contributed by atoms with Crippen LogP contribution in [0.15, 0.2) is 29.2 Å². The summed E-state index contributed by atoms with van der Waals surface area (Å²) in [5.41, 5.74) is 1.90. The van der Waals surface area contributed by atoms with Crippen molar-refractivity contribution < 1.29 is 0 Å². The summed E-state index contributed by atoms with van der Waals surface area (Å²) < 4.78 is 1.62. The molecule has 86 valence electrons. The van der Waals surface area contributed by atoms with Gasteiger partial charge in [-0.2, -0.15) is 0 Å². The van der Waals surface area contributed by atoms with Crippen LogP contribution in [0.5, 0.6) is 0 Å². The number of aromatic nitrogens is 2. The summed E-state index contributed by atoms with van der Waals surface area (Å²) in [5.74, 6) is 0. The second-order valence-electron chi connectivity index (χ2n) is 3.92. The van der Waals surface area contributed by atoms with Gasteiger partial charge in [-0.15, -0.1) is 11.3 Å². The number of benzene rings is 1. The van der Waals surface area contributed by atoms with Crippen LogP contribution in [0.25, 0.3) is 15.9 Å². The van der Waals surface area contributed by atoms with Crippen LogP contribution < -0.4 is 5.56 Å². The Morgan fingerprint density at radius 1 is 1.47 bits per heavy atom. The van der Waals surface area contributed by atoms with E-state index in [1.165, 1.54) is 11.3 Å². The molecule has 3 aromatic rings. The zero-order valence-corrected chi connectivity index (χ0v) is 11.5. The lowest BCUT2D eigenvalue weighted by atomic mass is 10.2. The van der Waals surface area contributed by atoms with Crippen molar-refractivity contribution in [3.8, 4) is 0 Å². The van der Waals surface area contributed by atoms with Gasteiger partial charge in [0.05, 0.1) is 10.9 Å². The highest BCUT2D eigenvalue weighted by Gasteiger charge is 2.08. The van der Waals surface area contributed by atoms with E-state index < -0.39 is 0 Å². The van der Waals surface area contributed by atoms with Crippen molar-refractivity contribution in [2.75, 3.05) is 0 Å². The van der Waals surface area contributed by atoms with Crippen LogP contribution in [0, 0.1) is 6.92 Å². The molecule has 0 spiro atoms. The summed E-state index contributed by atoms with van der Waals surface area (Å²) in [6.07, 6.45) is 1.85. The lowest BCUT2D eigenvalue weighted by Crippen LogP contribution is -2.12. The van der Waals surface area contributed by atoms with Gasteiger partial charge in [-0.3, -0.25) is 9.20 Å². The Bertz CT molecular complexity index is 775. The van der Waals surface area contributed by atoms with Gasteiger partial charge in [0.1, 0.15) is 0 Å². The minimum atomic E-state index is 0.00782. The van der Waals surface area contributed by atoms with Crippen LogP contribution in [0.2, 0.25) is 0 Å². The number of thiazole rings is 1. The minimum absolute atomic E-state index is 0.00782. The SMILES string of the molecule is Cc1ccc2c(=O)n3cc(CBr)sc3nc2c1. The molecule has 0 fully saturated rings. The number of hydrogen-bond donors (Lipinski definition) is 0. The quantitative estimate of drug-likeness (QED) is 0.647. The monoisotopic (exact) mass is 308 g/mol. The fraction of sp³-hybridized carbons (Fsp3) is 0.167. The van der Waals surface area contributed by atoms with E-state index in [1.54, 1.807) is 4.40 Å². The standard InChI is InChI=1S/C12H9BrN2OS/c1-7-2-3-9-10(4-7)14-12-15(11(9)16)6-8(5-13)17-12/h2-4,6H,5H2,1H3. The topological polar surface area (TPSA) is 34.4 Å². The molecule has 0 radical (unpaired) electrons. The first-order valence-electron chi connectivity index (χ1n) is 5.16. The first-order valence-corrected chi connectivity index (χ1v) is 7.10. The van der Waals surface area contributed by atoms with Crippen molar-refractivity contribution in [1.82, 2.24) is 9.38 Å². The molecule has 0 aliphatic heterocycles. The van der Waals surface area contributed by atoms with E-state index >= 15 is 0 Å². The van der Waals surface area contributed by atoms with Crippen molar-refractivity contribution in [3.05, 3.63) is 45.2 Å². The highest BCUT2D eigenvalue weighted by atomic mass is 79.9. The largest absolute Gasteiger partial charge is 0.268 e. The van der Waals surface area contributed by atoms with Crippen LogP contribution in [-0.2, 0) is 5.33 Å². The average molecular weight is 309 g/mol. The van der Waals surface area contributed by atoms with E-state index in [9.17, 15) is 4.79 Å². The zero-order valence-electron chi connectivity index (χ0n) is 9.11. The maximum Gasteiger partial charge on any atom is 0.266 e. The molecule has 3 rings (SSSR count). The lowest BCUT2D eigenvalue weighted by molar-refractivity contribution is 1.10. The predicted octanol–water partition coefficient (Wildman–Crippen LogP) is 3.11. The lowest BCUT2D eigenvalue weighted by Gasteiger charge is -1.99. The molecule has 0 saturated carbocycles. The van der Waals surface area contributed by atoms with Crippen molar-refractivity contribution >= 4 is 43.1 Å². The molecule has 1 aromatic carbocycles. The van der Waals surface area contributed by atoms with Crippen molar-refractivity contribution in [2.24, 2.45) is 0 Å². The zero-order chi connectivity index (χ0) is 12.0. The van der Waals surface area contributed by atoms with Gasteiger partial charge < -0.3 is 0 Å². The third-order valence-electron chi connectivity index (χ3n) is 2.65. The van der Waals surface area contributed by atoms with Crippen molar-refractivity contribution in [2.45, 2.75) is 12.3 Å². The summed E-state index contributed by atoms with van der Waals surface area (Å²) in [6.45, 7) is 2.00. The molecule has 0 bridgehead atoms. The molecule has 0 aliphatic carbocycles. The minimum Gasteiger partial charge on any atom is -0.268 e. The molecule has 2 heterocycles. The van der Waals surface area contributed by atoms with Gasteiger partial charge in [-0.25, -0.2) is 4.98 Å². The Morgan fingerprint density at radius 3 is 3.06 bits per heavy atom. The summed E-state index contributed by atoms with van der Waals surface area (Å²) in [5, 5.41) is 1.42. The Morgan fingerprint density at radius 2 is 2.29 bits per heavy atom. The maximum atomic E-state index is 12.2. The molecular weight excluding hydrogens is 300 g/mol. The first-order chi connectivity index (χ1) is 8.19. The fourth-order valence-corrected chi connectivity index (χ4v) is 3.14. The summed E-state index contributed by atoms with van der Waals surface area (Å²) in [4.78, 5) is 18.6. The predicted molar refractivity (Wildman–Crippen MR) is 74.2 cm³/mol. The Hall–Kier alpha value is -1.20. The summed E-state index contributed by atoms with van der Waals surface area (Å²) in [7, 11) is 0. The van der Waals surface area contributed by atoms with Gasteiger partial charge in [0.2, 0.25) is 0 Å². The van der Waals surface area contributed by atoms with Gasteiger partial charge >= 0.3 is 0 Å². The van der Waals surface area contributed by atoms with Crippen LogP contribution in [0.4, 0.5) is 0 Å². The number of nitrogens with zero attached hydrogens (tertiary/aromatic N) is 2. The van der Waals surface area contributed by atoms with E-state index in [0.717, 1.165) is 26.2 Å². The molecule has 17 heavy (non-hydrogen) atoms. The third-order valence-corrected chi connectivity index (χ3v) is 4.61. The molecular formula is C12H9BrN2OS. The van der Waals surface area contributed by atoms with E-state index in [2.05, 4.69) is 20.9 Å². The fourth-order valence-electron chi connectivity index (χ4n) is 1.82. The average Bonchev–Trinajstić information content (AvgIpc) is 2.72. The van der Waals surface area contributed by atoms with Gasteiger partial charge in [-0.05, 0) is 24.6 Å². The number of aryl methyl sites for hydroxylation is 1. The van der Waals surface area contributed by atoms with Crippen LogP contribution >= 0.6 is 27.3 Å². The molecule has 5 heteroatoms.